The van der Waals surface area contributed by atoms with E-state index in [9.17, 15) is 9.18 Å². The Balaban J connectivity index is 1.90. The number of halogens is 2. The minimum Gasteiger partial charge on any atom is -0.452 e. The van der Waals surface area contributed by atoms with Gasteiger partial charge in [-0.1, -0.05) is 0 Å². The molecular weight excluding hydrogens is 301 g/mol. The van der Waals surface area contributed by atoms with E-state index >= 15 is 0 Å². The molecular formula is C12H7ClFN5O2. The Kier molecular flexibility index (Phi) is 3.36. The van der Waals surface area contributed by atoms with Crippen molar-refractivity contribution in [2.45, 2.75) is 0 Å². The number of hydrogen-bond acceptors (Lipinski definition) is 5. The zero-order chi connectivity index (χ0) is 14.8. The second-order valence-electron chi connectivity index (χ2n) is 3.98. The van der Waals surface area contributed by atoms with Gasteiger partial charge in [-0.3, -0.25) is 4.79 Å². The molecule has 0 unspecified atom stereocenters. The molecule has 2 heterocycles. The van der Waals surface area contributed by atoms with E-state index in [0.717, 1.165) is 0 Å². The molecule has 0 aliphatic carbocycles. The standard InChI is InChI=1S/C12H7ClFN5O2/c13-11-8(3-4-21-11)12(20)16-10-5-7(1-2-9(10)14)19-6-15-17-18-19/h1-6H,(H,16,20). The molecule has 9 heteroatoms. The zero-order valence-electron chi connectivity index (χ0n) is 10.3. The second kappa shape index (κ2) is 5.33. The minimum atomic E-state index is -0.597. The van der Waals surface area contributed by atoms with Crippen molar-refractivity contribution in [3.8, 4) is 5.69 Å². The number of anilines is 1. The number of nitrogens with one attached hydrogen (secondary N) is 1. The number of carbonyl (C=O) groups is 1. The van der Waals surface area contributed by atoms with Crippen molar-refractivity contribution in [3.05, 3.63) is 53.5 Å². The summed E-state index contributed by atoms with van der Waals surface area (Å²) in [4.78, 5) is 12.0. The largest absolute Gasteiger partial charge is 0.452 e. The van der Waals surface area contributed by atoms with Crippen LogP contribution in [0.15, 0.2) is 41.3 Å². The van der Waals surface area contributed by atoms with Gasteiger partial charge in [-0.05, 0) is 46.3 Å². The summed E-state index contributed by atoms with van der Waals surface area (Å²) in [6.07, 6.45) is 2.62. The number of benzene rings is 1. The number of furan rings is 1. The molecule has 0 atom stereocenters. The minimum absolute atomic E-state index is 0.0229. The third-order valence-electron chi connectivity index (χ3n) is 2.67. The fourth-order valence-electron chi connectivity index (χ4n) is 1.68. The Morgan fingerprint density at radius 2 is 2.24 bits per heavy atom. The van der Waals surface area contributed by atoms with Crippen molar-refractivity contribution in [1.82, 2.24) is 20.2 Å². The fourth-order valence-corrected chi connectivity index (χ4v) is 1.88. The van der Waals surface area contributed by atoms with Gasteiger partial charge in [0.25, 0.3) is 5.91 Å². The highest BCUT2D eigenvalue weighted by Crippen LogP contribution is 2.22. The molecule has 21 heavy (non-hydrogen) atoms. The van der Waals surface area contributed by atoms with Crippen molar-refractivity contribution >= 4 is 23.2 Å². The van der Waals surface area contributed by atoms with Crippen LogP contribution in [0.1, 0.15) is 10.4 Å². The van der Waals surface area contributed by atoms with Crippen LogP contribution in [-0.4, -0.2) is 26.1 Å². The Hall–Kier alpha value is -2.74. The highest BCUT2D eigenvalue weighted by molar-refractivity contribution is 6.32. The maximum atomic E-state index is 13.8. The Labute approximate surface area is 122 Å². The molecule has 0 radical (unpaired) electrons. The van der Waals surface area contributed by atoms with E-state index in [1.807, 2.05) is 0 Å². The van der Waals surface area contributed by atoms with Crippen LogP contribution in [0.5, 0.6) is 0 Å². The van der Waals surface area contributed by atoms with Crippen molar-refractivity contribution in [3.63, 3.8) is 0 Å². The number of nitrogens with zero attached hydrogens (tertiary/aromatic N) is 4. The van der Waals surface area contributed by atoms with Crippen LogP contribution in [0.4, 0.5) is 10.1 Å². The Morgan fingerprint density at radius 3 is 2.90 bits per heavy atom. The van der Waals surface area contributed by atoms with Crippen LogP contribution in [0.3, 0.4) is 0 Å². The maximum absolute atomic E-state index is 13.8. The van der Waals surface area contributed by atoms with Crippen LogP contribution >= 0.6 is 11.6 Å². The van der Waals surface area contributed by atoms with Gasteiger partial charge < -0.3 is 9.73 Å². The van der Waals surface area contributed by atoms with E-state index in [1.165, 1.54) is 41.5 Å². The number of tetrazole rings is 1. The van der Waals surface area contributed by atoms with E-state index in [0.29, 0.717) is 5.69 Å². The van der Waals surface area contributed by atoms with Crippen molar-refractivity contribution in [2.24, 2.45) is 0 Å². The molecule has 1 aromatic carbocycles. The lowest BCUT2D eigenvalue weighted by Gasteiger charge is -2.07. The summed E-state index contributed by atoms with van der Waals surface area (Å²) in [5.41, 5.74) is 0.587. The van der Waals surface area contributed by atoms with Crippen molar-refractivity contribution < 1.29 is 13.6 Å². The first-order chi connectivity index (χ1) is 10.1. The summed E-state index contributed by atoms with van der Waals surface area (Å²) >= 11 is 5.70. The molecule has 0 saturated carbocycles. The van der Waals surface area contributed by atoms with Gasteiger partial charge in [0.05, 0.1) is 23.2 Å². The van der Waals surface area contributed by atoms with E-state index < -0.39 is 11.7 Å². The van der Waals surface area contributed by atoms with Crippen LogP contribution in [0, 0.1) is 5.82 Å². The van der Waals surface area contributed by atoms with Crippen LogP contribution in [0.25, 0.3) is 5.69 Å². The summed E-state index contributed by atoms with van der Waals surface area (Å²) in [5, 5.41) is 13.0. The molecule has 3 aromatic rings. The van der Waals surface area contributed by atoms with Crippen LogP contribution in [-0.2, 0) is 0 Å². The highest BCUT2D eigenvalue weighted by atomic mass is 35.5. The van der Waals surface area contributed by atoms with E-state index in [2.05, 4.69) is 20.8 Å². The van der Waals surface area contributed by atoms with Gasteiger partial charge in [-0.25, -0.2) is 9.07 Å². The van der Waals surface area contributed by atoms with E-state index in [4.69, 9.17) is 16.0 Å². The summed E-state index contributed by atoms with van der Waals surface area (Å²) in [6, 6.07) is 5.47. The van der Waals surface area contributed by atoms with Gasteiger partial charge in [0.1, 0.15) is 12.1 Å². The quantitative estimate of drug-likeness (QED) is 0.802. The first-order valence-corrected chi connectivity index (χ1v) is 6.10. The van der Waals surface area contributed by atoms with Gasteiger partial charge in [-0.15, -0.1) is 5.10 Å². The molecule has 7 nitrogen and oxygen atoms in total. The normalized spacial score (nSPS) is 10.6. The van der Waals surface area contributed by atoms with Gasteiger partial charge in [0.2, 0.25) is 5.22 Å². The summed E-state index contributed by atoms with van der Waals surface area (Å²) in [6.45, 7) is 0. The second-order valence-corrected chi connectivity index (χ2v) is 4.32. The molecule has 0 saturated heterocycles. The fraction of sp³-hybridized carbons (Fsp3) is 0. The highest BCUT2D eigenvalue weighted by Gasteiger charge is 2.15. The molecule has 1 N–H and O–H groups in total. The molecule has 2 aromatic heterocycles. The molecule has 106 valence electrons. The third kappa shape index (κ3) is 2.61. The average molecular weight is 308 g/mol. The smallest absolute Gasteiger partial charge is 0.260 e. The number of aromatic nitrogens is 4. The molecule has 0 aliphatic rings. The monoisotopic (exact) mass is 307 g/mol. The predicted octanol–water partition coefficient (Wildman–Crippen LogP) is 2.30. The van der Waals surface area contributed by atoms with Gasteiger partial charge in [0.15, 0.2) is 0 Å². The zero-order valence-corrected chi connectivity index (χ0v) is 11.1. The molecule has 0 aliphatic heterocycles. The number of hydrogen-bond donors (Lipinski definition) is 1. The average Bonchev–Trinajstić information content (AvgIpc) is 3.12. The summed E-state index contributed by atoms with van der Waals surface area (Å²) in [5.74, 6) is -1.18. The van der Waals surface area contributed by atoms with Gasteiger partial charge >= 0.3 is 0 Å². The number of amides is 1. The number of carbonyl (C=O) groups excluding carboxylic acids is 1. The first kappa shape index (κ1) is 13.3. The maximum Gasteiger partial charge on any atom is 0.260 e. The number of rotatable bonds is 3. The first-order valence-electron chi connectivity index (χ1n) is 5.72. The Morgan fingerprint density at radius 1 is 1.38 bits per heavy atom. The predicted molar refractivity (Wildman–Crippen MR) is 70.8 cm³/mol. The lowest BCUT2D eigenvalue weighted by Crippen LogP contribution is -2.13. The molecule has 0 spiro atoms. The molecule has 3 rings (SSSR count). The molecule has 0 fully saturated rings. The van der Waals surface area contributed by atoms with Crippen molar-refractivity contribution in [2.75, 3.05) is 5.32 Å². The van der Waals surface area contributed by atoms with E-state index in [-0.39, 0.29) is 16.5 Å². The van der Waals surface area contributed by atoms with Gasteiger partial charge in [-0.2, -0.15) is 0 Å². The summed E-state index contributed by atoms with van der Waals surface area (Å²) in [7, 11) is 0. The van der Waals surface area contributed by atoms with E-state index in [1.54, 1.807) is 0 Å². The molecule has 0 bridgehead atoms. The topological polar surface area (TPSA) is 85.8 Å². The van der Waals surface area contributed by atoms with Crippen molar-refractivity contribution in [1.29, 1.82) is 0 Å². The third-order valence-corrected chi connectivity index (χ3v) is 2.97. The molecule has 1 amide bonds. The SMILES string of the molecule is O=C(Nc1cc(-n2cnnn2)ccc1F)c1ccoc1Cl. The lowest BCUT2D eigenvalue weighted by atomic mass is 10.2. The van der Waals surface area contributed by atoms with Crippen LogP contribution < -0.4 is 5.32 Å². The van der Waals surface area contributed by atoms with Gasteiger partial charge in [0, 0.05) is 0 Å². The summed E-state index contributed by atoms with van der Waals surface area (Å²) < 4.78 is 19.9. The van der Waals surface area contributed by atoms with Crippen LogP contribution in [0.2, 0.25) is 5.22 Å². The Bertz CT molecular complexity index is 787. The lowest BCUT2D eigenvalue weighted by molar-refractivity contribution is 0.102.